The van der Waals surface area contributed by atoms with Gasteiger partial charge in [-0.1, -0.05) is 48.5 Å². The van der Waals surface area contributed by atoms with E-state index in [1.54, 1.807) is 12.1 Å². The molecule has 0 saturated carbocycles. The van der Waals surface area contributed by atoms with Crippen LogP contribution in [0.3, 0.4) is 0 Å². The van der Waals surface area contributed by atoms with Crippen LogP contribution < -0.4 is 10.4 Å². The Hall–Kier alpha value is -4.02. The smallest absolute Gasteiger partial charge is 0.417 e. The van der Waals surface area contributed by atoms with Crippen molar-refractivity contribution in [2.24, 2.45) is 0 Å². The number of halogens is 3. The van der Waals surface area contributed by atoms with Crippen LogP contribution in [0.1, 0.15) is 5.56 Å². The second-order valence-electron chi connectivity index (χ2n) is 7.13. The van der Waals surface area contributed by atoms with Gasteiger partial charge in [0.15, 0.2) is 0 Å². The fourth-order valence-electron chi connectivity index (χ4n) is 3.02. The van der Waals surface area contributed by atoms with E-state index < -0.39 is 26.8 Å². The molecule has 0 fully saturated rings. The third-order valence-corrected chi connectivity index (χ3v) is 5.52. The Morgan fingerprint density at radius 3 is 1.69 bits per heavy atom. The molecule has 0 bridgehead atoms. The number of benzene rings is 4. The summed E-state index contributed by atoms with van der Waals surface area (Å²) < 4.78 is 66.2. The Kier molecular flexibility index (Phi) is 8.00. The van der Waals surface area contributed by atoms with E-state index in [-0.39, 0.29) is 5.75 Å². The number of alkyl halides is 3. The number of nitrogens with zero attached hydrogens (tertiary/aromatic N) is 1. The Balaban J connectivity index is 0.000000214. The van der Waals surface area contributed by atoms with Crippen LogP contribution in [0.5, 0.6) is 5.75 Å². The van der Waals surface area contributed by atoms with Gasteiger partial charge in [-0.15, -0.1) is 0 Å². The van der Waals surface area contributed by atoms with E-state index in [2.05, 4.69) is 5.43 Å². The van der Waals surface area contributed by atoms with Crippen LogP contribution in [-0.4, -0.2) is 18.1 Å². The molecule has 0 aliphatic rings. The molecule has 0 radical (unpaired) electrons. The van der Waals surface area contributed by atoms with Crippen LogP contribution in [0.15, 0.2) is 114 Å². The van der Waals surface area contributed by atoms with Gasteiger partial charge in [-0.25, -0.2) is 0 Å². The zero-order chi connectivity index (χ0) is 25.5. The first kappa shape index (κ1) is 25.6. The predicted octanol–water partition coefficient (Wildman–Crippen LogP) is 6.51. The van der Waals surface area contributed by atoms with E-state index in [0.717, 1.165) is 29.2 Å². The summed E-state index contributed by atoms with van der Waals surface area (Å²) in [6, 6.07) is 30.5. The lowest BCUT2D eigenvalue weighted by Gasteiger charge is -2.26. The molecule has 6 nitrogen and oxygen atoms in total. The lowest BCUT2D eigenvalue weighted by molar-refractivity contribution is -0.140. The zero-order valence-corrected chi connectivity index (χ0v) is 18.9. The molecule has 0 atom stereocenters. The summed E-state index contributed by atoms with van der Waals surface area (Å²) >= 11 is 0. The summed E-state index contributed by atoms with van der Waals surface area (Å²) in [6.45, 7) is 0. The van der Waals surface area contributed by atoms with Crippen molar-refractivity contribution in [2.45, 2.75) is 11.1 Å². The maximum atomic E-state index is 12.2. The number of hydrogen-bond donors (Lipinski definition) is 3. The van der Waals surface area contributed by atoms with Crippen LogP contribution in [0.4, 0.5) is 30.2 Å². The second-order valence-corrected chi connectivity index (χ2v) is 8.52. The minimum atomic E-state index is -4.84. The molecule has 3 N–H and O–H groups in total. The Morgan fingerprint density at radius 2 is 1.17 bits per heavy atom. The Labute approximate surface area is 200 Å². The highest BCUT2D eigenvalue weighted by Gasteiger charge is 2.36. The third-order valence-electron chi connectivity index (χ3n) is 4.61. The summed E-state index contributed by atoms with van der Waals surface area (Å²) in [4.78, 5) is -1.13. The van der Waals surface area contributed by atoms with Gasteiger partial charge in [0, 0.05) is 0 Å². The molecule has 0 aromatic heterocycles. The first-order chi connectivity index (χ1) is 16.6. The van der Waals surface area contributed by atoms with E-state index in [1.165, 1.54) is 0 Å². The summed E-state index contributed by atoms with van der Waals surface area (Å²) in [7, 11) is -4.84. The van der Waals surface area contributed by atoms with Crippen molar-refractivity contribution in [3.8, 4) is 5.75 Å². The lowest BCUT2D eigenvalue weighted by atomic mass is 10.2. The fourth-order valence-corrected chi connectivity index (χ4v) is 3.74. The lowest BCUT2D eigenvalue weighted by Crippen LogP contribution is -2.24. The topological polar surface area (TPSA) is 89.9 Å². The van der Waals surface area contributed by atoms with Crippen molar-refractivity contribution in [2.75, 3.05) is 10.4 Å². The quantitative estimate of drug-likeness (QED) is 0.213. The van der Waals surface area contributed by atoms with Crippen molar-refractivity contribution in [1.29, 1.82) is 0 Å². The van der Waals surface area contributed by atoms with E-state index >= 15 is 0 Å². The SMILES string of the molecule is O=S(=O)(O)c1ccccc1C(F)(F)F.Oc1ccc(N(Nc2ccccc2)c2ccccc2)cc1. The number of hydrazine groups is 1. The first-order valence-electron chi connectivity index (χ1n) is 10.2. The minimum Gasteiger partial charge on any atom is -0.508 e. The molecule has 0 aliphatic carbocycles. The number of nitrogens with one attached hydrogen (secondary N) is 1. The Morgan fingerprint density at radius 1 is 0.686 bits per heavy atom. The molecular weight excluding hydrogens is 481 g/mol. The van der Waals surface area contributed by atoms with Crippen molar-refractivity contribution in [3.63, 3.8) is 0 Å². The molecule has 35 heavy (non-hydrogen) atoms. The van der Waals surface area contributed by atoms with Crippen molar-refractivity contribution < 1.29 is 31.2 Å². The number of aromatic hydroxyl groups is 1. The van der Waals surface area contributed by atoms with Gasteiger partial charge in [0.2, 0.25) is 0 Å². The Bertz CT molecular complexity index is 1330. The monoisotopic (exact) mass is 502 g/mol. The highest BCUT2D eigenvalue weighted by atomic mass is 32.2. The summed E-state index contributed by atoms with van der Waals surface area (Å²) in [5.41, 5.74) is 4.97. The van der Waals surface area contributed by atoms with E-state index in [1.807, 2.05) is 77.8 Å². The van der Waals surface area contributed by atoms with Crippen LogP contribution >= 0.6 is 0 Å². The standard InChI is InChI=1S/C18H16N2O.C7H5F3O3S/c21-18-13-11-17(12-14-18)20(16-9-5-2-6-10-16)19-15-7-3-1-4-8-15;8-7(9,10)5-3-1-2-4-6(5)14(11,12)13/h1-14,19,21H;1-4H,(H,11,12,13). The summed E-state index contributed by atoms with van der Waals surface area (Å²) in [5.74, 6) is 0.256. The molecule has 4 rings (SSSR count). The maximum absolute atomic E-state index is 12.2. The largest absolute Gasteiger partial charge is 0.508 e. The number of phenolic OH excluding ortho intramolecular Hbond substituents is 1. The molecule has 0 spiro atoms. The molecule has 0 aliphatic heterocycles. The number of phenols is 1. The highest BCUT2D eigenvalue weighted by molar-refractivity contribution is 7.85. The van der Waals surface area contributed by atoms with Gasteiger partial charge in [0.25, 0.3) is 10.1 Å². The molecule has 10 heteroatoms. The van der Waals surface area contributed by atoms with Gasteiger partial charge in [0.05, 0.1) is 22.6 Å². The zero-order valence-electron chi connectivity index (χ0n) is 18.1. The molecule has 0 heterocycles. The first-order valence-corrected chi connectivity index (χ1v) is 11.6. The molecule has 4 aromatic rings. The van der Waals surface area contributed by atoms with Gasteiger partial charge in [-0.3, -0.25) is 15.0 Å². The van der Waals surface area contributed by atoms with Gasteiger partial charge < -0.3 is 5.11 Å². The molecule has 4 aromatic carbocycles. The molecule has 0 saturated heterocycles. The van der Waals surface area contributed by atoms with E-state index in [4.69, 9.17) is 4.55 Å². The van der Waals surface area contributed by atoms with Crippen molar-refractivity contribution >= 4 is 27.2 Å². The van der Waals surface area contributed by atoms with Crippen LogP contribution in [-0.2, 0) is 16.3 Å². The molecule has 0 amide bonds. The summed E-state index contributed by atoms with van der Waals surface area (Å²) in [6.07, 6.45) is -4.80. The number of para-hydroxylation sites is 2. The second kappa shape index (κ2) is 10.9. The summed E-state index contributed by atoms with van der Waals surface area (Å²) in [5, 5.41) is 11.4. The fraction of sp³-hybridized carbons (Fsp3) is 0.0400. The maximum Gasteiger partial charge on any atom is 0.417 e. The number of rotatable bonds is 5. The third kappa shape index (κ3) is 7.23. The van der Waals surface area contributed by atoms with Crippen LogP contribution in [0, 0.1) is 0 Å². The van der Waals surface area contributed by atoms with Gasteiger partial charge in [-0.05, 0) is 60.7 Å². The minimum absolute atomic E-state index is 0.256. The van der Waals surface area contributed by atoms with Crippen LogP contribution in [0.2, 0.25) is 0 Å². The van der Waals surface area contributed by atoms with E-state index in [9.17, 15) is 26.7 Å². The van der Waals surface area contributed by atoms with E-state index in [0.29, 0.717) is 12.1 Å². The molecule has 0 unspecified atom stereocenters. The van der Waals surface area contributed by atoms with Crippen LogP contribution in [0.25, 0.3) is 0 Å². The number of anilines is 3. The number of hydrogen-bond acceptors (Lipinski definition) is 5. The average Bonchev–Trinajstić information content (AvgIpc) is 2.84. The van der Waals surface area contributed by atoms with Gasteiger partial charge in [0.1, 0.15) is 10.6 Å². The molecular formula is C25H21F3N2O4S. The normalized spacial score (nSPS) is 11.2. The molecule has 182 valence electrons. The van der Waals surface area contributed by atoms with Gasteiger partial charge in [-0.2, -0.15) is 21.6 Å². The van der Waals surface area contributed by atoms with Crippen molar-refractivity contribution in [3.05, 3.63) is 115 Å². The average molecular weight is 503 g/mol. The predicted molar refractivity (Wildman–Crippen MR) is 128 cm³/mol. The highest BCUT2D eigenvalue weighted by Crippen LogP contribution is 2.33. The van der Waals surface area contributed by atoms with Crippen molar-refractivity contribution in [1.82, 2.24) is 0 Å². The van der Waals surface area contributed by atoms with Gasteiger partial charge >= 0.3 is 6.18 Å².